The summed E-state index contributed by atoms with van der Waals surface area (Å²) < 4.78 is 68.5. The maximum Gasteiger partial charge on any atom is 0.472 e. The molecule has 0 spiro atoms. The number of allylic oxidation sites excluding steroid dienone is 4. The number of unbranched alkanes of at least 4 members (excludes halogenated alkanes) is 36. The van der Waals surface area contributed by atoms with Crippen molar-refractivity contribution in [1.29, 1.82) is 0 Å². The minimum atomic E-state index is -4.96. The van der Waals surface area contributed by atoms with Gasteiger partial charge in [0, 0.05) is 25.7 Å². The number of carbonyl (C=O) groups excluding carboxylic acids is 4. The molecule has 0 aliphatic carbocycles. The lowest BCUT2D eigenvalue weighted by Crippen LogP contribution is -2.30. The van der Waals surface area contributed by atoms with Crippen molar-refractivity contribution in [1.82, 2.24) is 0 Å². The summed E-state index contributed by atoms with van der Waals surface area (Å²) in [5, 5.41) is 10.6. The Hall–Kier alpha value is -2.46. The highest BCUT2D eigenvalue weighted by atomic mass is 31.2. The fourth-order valence-electron chi connectivity index (χ4n) is 11.3. The number of aliphatic hydroxyl groups is 1. The summed E-state index contributed by atoms with van der Waals surface area (Å²) in [6, 6.07) is 0. The molecule has 0 aliphatic heterocycles. The van der Waals surface area contributed by atoms with Crippen LogP contribution in [0.3, 0.4) is 0 Å². The number of rotatable bonds is 74. The van der Waals surface area contributed by atoms with Gasteiger partial charge in [-0.3, -0.25) is 37.3 Å². The molecule has 17 nitrogen and oxygen atoms in total. The molecule has 0 aromatic rings. The van der Waals surface area contributed by atoms with Crippen LogP contribution >= 0.6 is 15.6 Å². The molecule has 0 rings (SSSR count). The third-order valence-electron chi connectivity index (χ3n) is 18.6. The van der Waals surface area contributed by atoms with Gasteiger partial charge in [0.15, 0.2) is 12.2 Å². The van der Waals surface area contributed by atoms with Gasteiger partial charge in [0.1, 0.15) is 19.3 Å². The van der Waals surface area contributed by atoms with Crippen molar-refractivity contribution in [3.8, 4) is 0 Å². The van der Waals surface area contributed by atoms with E-state index in [4.69, 9.17) is 37.0 Å². The van der Waals surface area contributed by atoms with Gasteiger partial charge in [-0.25, -0.2) is 9.13 Å². The van der Waals surface area contributed by atoms with Gasteiger partial charge < -0.3 is 33.8 Å². The van der Waals surface area contributed by atoms with Crippen LogP contribution in [0.4, 0.5) is 0 Å². The largest absolute Gasteiger partial charge is 0.472 e. The van der Waals surface area contributed by atoms with Gasteiger partial charge in [-0.2, -0.15) is 0 Å². The predicted octanol–water partition coefficient (Wildman–Crippen LogP) is 22.5. The number of phosphoric acid groups is 2. The maximum absolute atomic E-state index is 13.1. The summed E-state index contributed by atoms with van der Waals surface area (Å²) in [4.78, 5) is 72.8. The topological polar surface area (TPSA) is 237 Å². The zero-order chi connectivity index (χ0) is 71.6. The van der Waals surface area contributed by atoms with Gasteiger partial charge in [0.25, 0.3) is 0 Å². The van der Waals surface area contributed by atoms with Crippen molar-refractivity contribution in [2.45, 2.75) is 394 Å². The monoisotopic (exact) mass is 1420 g/mol. The van der Waals surface area contributed by atoms with Crippen molar-refractivity contribution in [2.75, 3.05) is 39.6 Å². The lowest BCUT2D eigenvalue weighted by molar-refractivity contribution is -0.161. The number of aliphatic hydroxyl groups excluding tert-OH is 1. The minimum absolute atomic E-state index is 0.0959. The SMILES string of the molecule is CCCCCC/C=C\C=C/CCCCCCCC(=O)OC[C@H](COP(=O)(O)OC[C@@H](O)COP(=O)(O)OC[C@@H](COC(=O)CCCCCCCCC(C)CC)OC(=O)CCCCCCCCCCCCCCCCCCCCC(C)CC)OC(=O)CCCCCCCCC(C)CC. The third kappa shape index (κ3) is 67.8. The average molecular weight is 1420 g/mol. The second-order valence-electron chi connectivity index (χ2n) is 28.1. The molecule has 0 aliphatic rings. The fraction of sp³-hybridized carbons (Fsp3) is 0.897. The molecular weight excluding hydrogens is 1270 g/mol. The van der Waals surface area contributed by atoms with E-state index in [1.807, 2.05) is 0 Å². The Morgan fingerprint density at radius 1 is 0.330 bits per heavy atom. The van der Waals surface area contributed by atoms with E-state index in [2.05, 4.69) is 72.8 Å². The maximum atomic E-state index is 13.1. The molecule has 0 radical (unpaired) electrons. The van der Waals surface area contributed by atoms with E-state index in [-0.39, 0.29) is 25.7 Å². The molecule has 19 heteroatoms. The van der Waals surface area contributed by atoms with Crippen LogP contribution in [0.15, 0.2) is 24.3 Å². The van der Waals surface area contributed by atoms with Crippen molar-refractivity contribution in [2.24, 2.45) is 17.8 Å². The molecule has 0 saturated heterocycles. The number of esters is 4. The number of ether oxygens (including phenoxy) is 4. The minimum Gasteiger partial charge on any atom is -0.462 e. The first-order valence-corrected chi connectivity index (χ1v) is 42.8. The van der Waals surface area contributed by atoms with Gasteiger partial charge in [0.2, 0.25) is 0 Å². The quantitative estimate of drug-likeness (QED) is 0.0169. The number of phosphoric ester groups is 2. The summed E-state index contributed by atoms with van der Waals surface area (Å²) in [5.41, 5.74) is 0. The Bertz CT molecular complexity index is 1990. The lowest BCUT2D eigenvalue weighted by atomic mass is 9.99. The summed E-state index contributed by atoms with van der Waals surface area (Å²) >= 11 is 0. The Morgan fingerprint density at radius 2 is 0.577 bits per heavy atom. The normalized spacial score (nSPS) is 15.0. The highest BCUT2D eigenvalue weighted by Gasteiger charge is 2.30. The van der Waals surface area contributed by atoms with Crippen LogP contribution in [-0.4, -0.2) is 96.7 Å². The predicted molar refractivity (Wildman–Crippen MR) is 395 cm³/mol. The Labute approximate surface area is 592 Å². The fourth-order valence-corrected chi connectivity index (χ4v) is 12.9. The van der Waals surface area contributed by atoms with E-state index < -0.39 is 97.5 Å². The summed E-state index contributed by atoms with van der Waals surface area (Å²) in [5.74, 6) is 0.164. The van der Waals surface area contributed by atoms with Gasteiger partial charge in [-0.1, -0.05) is 323 Å². The molecule has 572 valence electrons. The van der Waals surface area contributed by atoms with Gasteiger partial charge in [-0.15, -0.1) is 0 Å². The van der Waals surface area contributed by atoms with Crippen LogP contribution < -0.4 is 0 Å². The van der Waals surface area contributed by atoms with Crippen LogP contribution in [0, 0.1) is 17.8 Å². The lowest BCUT2D eigenvalue weighted by Gasteiger charge is -2.21. The van der Waals surface area contributed by atoms with Gasteiger partial charge >= 0.3 is 39.5 Å². The molecule has 0 saturated carbocycles. The van der Waals surface area contributed by atoms with E-state index in [1.165, 1.54) is 161 Å². The highest BCUT2D eigenvalue weighted by Crippen LogP contribution is 2.45. The Kier molecular flexibility index (Phi) is 66.3. The molecule has 97 heavy (non-hydrogen) atoms. The van der Waals surface area contributed by atoms with Crippen molar-refractivity contribution in [3.05, 3.63) is 24.3 Å². The highest BCUT2D eigenvalue weighted by molar-refractivity contribution is 7.47. The average Bonchev–Trinajstić information content (AvgIpc) is 1.24. The van der Waals surface area contributed by atoms with Crippen LogP contribution in [-0.2, 0) is 65.4 Å². The summed E-state index contributed by atoms with van der Waals surface area (Å²) in [6.45, 7) is 11.8. The van der Waals surface area contributed by atoms with E-state index in [1.54, 1.807) is 0 Å². The molecule has 0 fully saturated rings. The molecule has 0 bridgehead atoms. The van der Waals surface area contributed by atoms with Crippen LogP contribution in [0.2, 0.25) is 0 Å². The van der Waals surface area contributed by atoms with E-state index in [0.29, 0.717) is 31.6 Å². The molecule has 0 amide bonds. The second kappa shape index (κ2) is 68.0. The first-order chi connectivity index (χ1) is 46.8. The molecule has 0 heterocycles. The molecule has 3 N–H and O–H groups in total. The van der Waals surface area contributed by atoms with E-state index >= 15 is 0 Å². The molecule has 5 unspecified atom stereocenters. The number of hydrogen-bond acceptors (Lipinski definition) is 15. The Balaban J connectivity index is 5.19. The zero-order valence-electron chi connectivity index (χ0n) is 63.0. The zero-order valence-corrected chi connectivity index (χ0v) is 64.8. The third-order valence-corrected chi connectivity index (χ3v) is 20.5. The van der Waals surface area contributed by atoms with Crippen molar-refractivity contribution < 1.29 is 80.2 Å². The standard InChI is InChI=1S/C78H148O17P2/c1-8-12-13-14-15-16-17-18-23-27-30-33-36-45-52-59-75(80)88-65-74(95-78(83)62-55-48-41-39-44-51-58-71(7)11-4)68-93-97(86,87)91-64-72(79)63-90-96(84,85)92-67-73(66-89-76(81)60-53-46-40-38-43-50-57-70(6)10-3)94-77(82)61-54-47-37-34-31-28-25-22-20-19-21-24-26-29-32-35-42-49-56-69(5)9-2/h16-18,23,69-74,79H,8-15,19-22,24-68H2,1-7H3,(H,84,85)(H,86,87)/b17-16-,23-18-/t69?,70?,71?,72-,73+,74+/m0/s1. The van der Waals surface area contributed by atoms with Crippen LogP contribution in [0.5, 0.6) is 0 Å². The number of carbonyl (C=O) groups is 4. The summed E-state index contributed by atoms with van der Waals surface area (Å²) in [6.07, 6.45) is 57.9. The van der Waals surface area contributed by atoms with Gasteiger partial charge in [0.05, 0.1) is 26.4 Å². The van der Waals surface area contributed by atoms with E-state index in [9.17, 15) is 43.2 Å². The van der Waals surface area contributed by atoms with Crippen LogP contribution in [0.25, 0.3) is 0 Å². The molecular formula is C78H148O17P2. The smallest absolute Gasteiger partial charge is 0.462 e. The van der Waals surface area contributed by atoms with Crippen molar-refractivity contribution in [3.63, 3.8) is 0 Å². The van der Waals surface area contributed by atoms with Gasteiger partial charge in [-0.05, 0) is 69.1 Å². The number of hydrogen-bond donors (Lipinski definition) is 3. The molecule has 8 atom stereocenters. The van der Waals surface area contributed by atoms with Crippen molar-refractivity contribution >= 4 is 39.5 Å². The van der Waals surface area contributed by atoms with Crippen LogP contribution in [0.1, 0.15) is 376 Å². The van der Waals surface area contributed by atoms with E-state index in [0.717, 1.165) is 127 Å². The second-order valence-corrected chi connectivity index (χ2v) is 31.0. The first kappa shape index (κ1) is 94.5. The first-order valence-electron chi connectivity index (χ1n) is 39.8. The Morgan fingerprint density at radius 3 is 0.866 bits per heavy atom. The molecule has 0 aromatic carbocycles. The molecule has 0 aromatic heterocycles. The summed E-state index contributed by atoms with van der Waals surface area (Å²) in [7, 11) is -9.92.